The van der Waals surface area contributed by atoms with Gasteiger partial charge in [0.1, 0.15) is 22.0 Å². The van der Waals surface area contributed by atoms with Crippen LogP contribution in [0.5, 0.6) is 11.5 Å². The molecule has 0 saturated carbocycles. The van der Waals surface area contributed by atoms with E-state index in [1.807, 2.05) is 6.07 Å². The largest absolute Gasteiger partial charge is 0.505 e. The number of hydrogen-bond acceptors (Lipinski definition) is 12. The quantitative estimate of drug-likeness (QED) is 0.0588. The van der Waals surface area contributed by atoms with Crippen molar-refractivity contribution in [2.24, 2.45) is 10.2 Å². The molecule has 38 heavy (non-hydrogen) atoms. The Balaban J connectivity index is 1.92. The second-order valence-corrected chi connectivity index (χ2v) is 10.2. The molecule has 4 rings (SSSR count). The number of hydrogen-bond donors (Lipinski definition) is 2. The Bertz CT molecular complexity index is 1610. The second kappa shape index (κ2) is 12.0. The first-order valence-corrected chi connectivity index (χ1v) is 13.3. The molecule has 200 valence electrons. The standard InChI is InChI=1S/C25H25N3O8S2/c1-26-14-17-11-19-16(12-21(17)32-2)9-10-20(25(19)38(30,31)34-4)27-28-23-22(37-36-35-33-3)13-15-7-5-6-8-18(15)24(23)29/h5-13,26,29H,14H2,1-4H3. The van der Waals surface area contributed by atoms with Crippen LogP contribution >= 0.6 is 12.0 Å². The number of benzene rings is 4. The van der Waals surface area contributed by atoms with E-state index in [0.717, 1.165) is 24.7 Å². The van der Waals surface area contributed by atoms with Gasteiger partial charge in [0.25, 0.3) is 10.1 Å². The topological polar surface area (TPSA) is 137 Å². The number of phenols is 1. The predicted octanol–water partition coefficient (Wildman–Crippen LogP) is 5.69. The zero-order valence-corrected chi connectivity index (χ0v) is 22.6. The van der Waals surface area contributed by atoms with Crippen molar-refractivity contribution in [1.82, 2.24) is 5.32 Å². The normalized spacial score (nSPS) is 12.1. The molecule has 0 heterocycles. The van der Waals surface area contributed by atoms with Crippen LogP contribution < -0.4 is 10.1 Å². The summed E-state index contributed by atoms with van der Waals surface area (Å²) < 4.78 is 41.4. The molecule has 0 aliphatic carbocycles. The van der Waals surface area contributed by atoms with Gasteiger partial charge in [-0.1, -0.05) is 35.4 Å². The zero-order valence-electron chi connectivity index (χ0n) is 20.9. The van der Waals surface area contributed by atoms with E-state index >= 15 is 0 Å². The van der Waals surface area contributed by atoms with Crippen molar-refractivity contribution in [2.45, 2.75) is 16.3 Å². The van der Waals surface area contributed by atoms with Gasteiger partial charge in [-0.25, -0.2) is 4.89 Å². The van der Waals surface area contributed by atoms with Crippen molar-refractivity contribution in [3.63, 3.8) is 0 Å². The van der Waals surface area contributed by atoms with E-state index < -0.39 is 10.1 Å². The van der Waals surface area contributed by atoms with Crippen LogP contribution in [-0.2, 0) is 35.1 Å². The summed E-state index contributed by atoms with van der Waals surface area (Å²) >= 11 is 0.739. The molecular weight excluding hydrogens is 534 g/mol. The van der Waals surface area contributed by atoms with Gasteiger partial charge < -0.3 is 15.2 Å². The molecule has 13 heteroatoms. The monoisotopic (exact) mass is 559 g/mol. The summed E-state index contributed by atoms with van der Waals surface area (Å²) in [5.41, 5.74) is 0.794. The minimum absolute atomic E-state index is 0.0116. The van der Waals surface area contributed by atoms with Crippen LogP contribution in [-0.4, -0.2) is 41.9 Å². The average Bonchev–Trinajstić information content (AvgIpc) is 2.92. The fourth-order valence-corrected chi connectivity index (χ4v) is 5.46. The van der Waals surface area contributed by atoms with Crippen LogP contribution in [0.2, 0.25) is 0 Å². The first kappa shape index (κ1) is 27.7. The highest BCUT2D eigenvalue weighted by atomic mass is 32.2. The molecule has 0 amide bonds. The van der Waals surface area contributed by atoms with Crippen LogP contribution in [0.15, 0.2) is 74.6 Å². The molecule has 0 unspecified atom stereocenters. The molecule has 0 bridgehead atoms. The second-order valence-electron chi connectivity index (χ2n) is 7.83. The van der Waals surface area contributed by atoms with E-state index in [2.05, 4.69) is 25.5 Å². The maximum atomic E-state index is 13.1. The number of ether oxygens (including phenoxy) is 1. The van der Waals surface area contributed by atoms with Crippen LogP contribution in [0.3, 0.4) is 0 Å². The molecule has 11 nitrogen and oxygen atoms in total. The number of fused-ring (bicyclic) bond motifs is 2. The third kappa shape index (κ3) is 5.59. The molecule has 0 spiro atoms. The third-order valence-corrected chi connectivity index (χ3v) is 7.61. The Hall–Kier alpha value is -3.30. The Morgan fingerprint density at radius 2 is 1.74 bits per heavy atom. The van der Waals surface area contributed by atoms with E-state index in [1.54, 1.807) is 56.6 Å². The smallest absolute Gasteiger partial charge is 0.299 e. The van der Waals surface area contributed by atoms with Crippen molar-refractivity contribution in [2.75, 3.05) is 28.4 Å². The van der Waals surface area contributed by atoms with Gasteiger partial charge >= 0.3 is 0 Å². The highest BCUT2D eigenvalue weighted by Gasteiger charge is 2.24. The van der Waals surface area contributed by atoms with Crippen LogP contribution in [0.1, 0.15) is 5.56 Å². The first-order chi connectivity index (χ1) is 18.3. The van der Waals surface area contributed by atoms with E-state index in [9.17, 15) is 13.5 Å². The van der Waals surface area contributed by atoms with Crippen molar-refractivity contribution < 1.29 is 36.7 Å². The minimum atomic E-state index is -4.23. The number of methoxy groups -OCH3 is 1. The molecule has 4 aromatic carbocycles. The van der Waals surface area contributed by atoms with Crippen LogP contribution in [0, 0.1) is 0 Å². The SMILES string of the molecule is CNCc1cc2c(S(=O)(=O)OC)c(N=Nc3c(SOOOC)cc4ccccc4c3O)ccc2cc1OC. The third-order valence-electron chi connectivity index (χ3n) is 5.62. The molecule has 0 aliphatic rings. The van der Waals surface area contributed by atoms with E-state index in [0.29, 0.717) is 38.7 Å². The maximum Gasteiger partial charge on any atom is 0.299 e. The predicted molar refractivity (Wildman–Crippen MR) is 142 cm³/mol. The summed E-state index contributed by atoms with van der Waals surface area (Å²) in [4.78, 5) is 4.62. The van der Waals surface area contributed by atoms with Crippen LogP contribution in [0.4, 0.5) is 11.4 Å². The highest BCUT2D eigenvalue weighted by Crippen LogP contribution is 2.45. The lowest BCUT2D eigenvalue weighted by Crippen LogP contribution is -2.08. The van der Waals surface area contributed by atoms with Gasteiger partial charge in [0, 0.05) is 22.9 Å². The Morgan fingerprint density at radius 3 is 2.45 bits per heavy atom. The van der Waals surface area contributed by atoms with Gasteiger partial charge in [0.05, 0.1) is 38.3 Å². The molecule has 0 fully saturated rings. The van der Waals surface area contributed by atoms with Crippen LogP contribution in [0.25, 0.3) is 21.5 Å². The van der Waals surface area contributed by atoms with Gasteiger partial charge in [-0.05, 0) is 42.1 Å². The summed E-state index contributed by atoms with van der Waals surface area (Å²) in [5.74, 6) is 0.427. The molecule has 0 aromatic heterocycles. The highest BCUT2D eigenvalue weighted by molar-refractivity contribution is 7.94. The summed E-state index contributed by atoms with van der Waals surface area (Å²) in [5, 5.41) is 29.2. The lowest BCUT2D eigenvalue weighted by Gasteiger charge is -2.14. The first-order valence-electron chi connectivity index (χ1n) is 11.1. The number of rotatable bonds is 11. The van der Waals surface area contributed by atoms with Gasteiger partial charge in [-0.2, -0.15) is 8.42 Å². The molecule has 4 aromatic rings. The Morgan fingerprint density at radius 1 is 0.974 bits per heavy atom. The van der Waals surface area contributed by atoms with Crippen molar-refractivity contribution in [3.8, 4) is 11.5 Å². The van der Waals surface area contributed by atoms with Crippen molar-refractivity contribution >= 4 is 55.1 Å². The number of nitrogens with one attached hydrogen (secondary N) is 1. The Kier molecular flexibility index (Phi) is 8.79. The fraction of sp³-hybridized carbons (Fsp3) is 0.200. The van der Waals surface area contributed by atoms with E-state index in [1.165, 1.54) is 13.2 Å². The maximum absolute atomic E-state index is 13.1. The van der Waals surface area contributed by atoms with E-state index in [-0.39, 0.29) is 22.0 Å². The molecular formula is C25H25N3O8S2. The number of aromatic hydroxyl groups is 1. The lowest BCUT2D eigenvalue weighted by molar-refractivity contribution is -0.447. The summed E-state index contributed by atoms with van der Waals surface area (Å²) in [6.07, 6.45) is 0. The summed E-state index contributed by atoms with van der Waals surface area (Å²) in [6.45, 7) is 0.437. The fourth-order valence-electron chi connectivity index (χ4n) is 3.94. The summed E-state index contributed by atoms with van der Waals surface area (Å²) in [7, 11) is 1.43. The molecule has 0 atom stereocenters. The van der Waals surface area contributed by atoms with Crippen molar-refractivity contribution in [1.29, 1.82) is 0 Å². The van der Waals surface area contributed by atoms with Gasteiger partial charge in [-0.3, -0.25) is 4.18 Å². The Labute approximate surface area is 223 Å². The van der Waals surface area contributed by atoms with Crippen molar-refractivity contribution in [3.05, 3.63) is 60.2 Å². The minimum Gasteiger partial charge on any atom is -0.505 e. The van der Waals surface area contributed by atoms with E-state index in [4.69, 9.17) is 13.3 Å². The van der Waals surface area contributed by atoms with Gasteiger partial charge in [-0.15, -0.1) is 14.6 Å². The summed E-state index contributed by atoms with van der Waals surface area (Å²) in [6, 6.07) is 15.5. The molecule has 0 radical (unpaired) electrons. The average molecular weight is 560 g/mol. The number of phenolic OH excluding ortho intramolecular Hbond substituents is 1. The number of azo groups is 1. The number of nitrogens with zero attached hydrogens (tertiary/aromatic N) is 2. The van der Waals surface area contributed by atoms with Gasteiger partial charge in [0.2, 0.25) is 0 Å². The molecule has 0 saturated heterocycles. The molecule has 2 N–H and O–H groups in total. The zero-order chi connectivity index (χ0) is 27.3. The lowest BCUT2D eigenvalue weighted by atomic mass is 10.0. The molecule has 0 aliphatic heterocycles. The van der Waals surface area contributed by atoms with Gasteiger partial charge in [0.15, 0.2) is 5.75 Å².